The third-order valence-electron chi connectivity index (χ3n) is 3.25. The van der Waals surface area contributed by atoms with Crippen molar-refractivity contribution in [3.8, 4) is 0 Å². The maximum absolute atomic E-state index is 12.2. The molecule has 2 rings (SSSR count). The quantitative estimate of drug-likeness (QED) is 0.848. The normalized spacial score (nSPS) is 12.1. The highest BCUT2D eigenvalue weighted by Crippen LogP contribution is 2.14. The molecular formula is C15H18BrN3OS. The average molecular weight is 368 g/mol. The predicted molar refractivity (Wildman–Crippen MR) is 88.7 cm³/mol. The van der Waals surface area contributed by atoms with Gasteiger partial charge in [-0.15, -0.1) is 5.10 Å². The van der Waals surface area contributed by atoms with E-state index in [1.54, 1.807) is 0 Å². The van der Waals surface area contributed by atoms with Gasteiger partial charge in [0.25, 0.3) is 5.91 Å². The number of rotatable bonds is 6. The van der Waals surface area contributed by atoms with Crippen LogP contribution < -0.4 is 5.32 Å². The Balaban J connectivity index is 1.85. The molecule has 0 aliphatic heterocycles. The zero-order valence-corrected chi connectivity index (χ0v) is 14.5. The van der Waals surface area contributed by atoms with Gasteiger partial charge in [-0.25, -0.2) is 0 Å². The average Bonchev–Trinajstić information content (AvgIpc) is 2.95. The number of carbonyl (C=O) groups is 1. The van der Waals surface area contributed by atoms with Crippen LogP contribution in [0.3, 0.4) is 0 Å². The van der Waals surface area contributed by atoms with Gasteiger partial charge in [-0.3, -0.25) is 4.79 Å². The molecule has 0 spiro atoms. The van der Waals surface area contributed by atoms with Gasteiger partial charge in [0.15, 0.2) is 0 Å². The second kappa shape index (κ2) is 7.66. The minimum Gasteiger partial charge on any atom is -0.349 e. The zero-order valence-electron chi connectivity index (χ0n) is 12.1. The van der Waals surface area contributed by atoms with Gasteiger partial charge in [-0.05, 0) is 55.4 Å². The molecule has 0 aliphatic carbocycles. The minimum absolute atomic E-state index is 0.0647. The summed E-state index contributed by atoms with van der Waals surface area (Å²) in [5.41, 5.74) is 2.05. The van der Waals surface area contributed by atoms with E-state index in [1.807, 2.05) is 26.0 Å². The topological polar surface area (TPSA) is 54.9 Å². The standard InChI is InChI=1S/C15H18BrN3OS/c1-3-13-14(21-19-18-13)15(20)17-10(2)4-5-11-6-8-12(16)9-7-11/h6-10H,3-5H2,1-2H3,(H,17,20). The molecule has 112 valence electrons. The Morgan fingerprint density at radius 3 is 2.76 bits per heavy atom. The molecule has 0 radical (unpaired) electrons. The fourth-order valence-corrected chi connectivity index (χ4v) is 2.93. The summed E-state index contributed by atoms with van der Waals surface area (Å²) in [6.07, 6.45) is 2.57. The Morgan fingerprint density at radius 1 is 1.38 bits per heavy atom. The molecular weight excluding hydrogens is 350 g/mol. The molecule has 1 aromatic heterocycles. The van der Waals surface area contributed by atoms with Gasteiger partial charge in [0, 0.05) is 10.5 Å². The Bertz CT molecular complexity index is 597. The lowest BCUT2D eigenvalue weighted by atomic mass is 10.1. The molecule has 4 nitrogen and oxygen atoms in total. The first kappa shape index (κ1) is 16.1. The number of nitrogens with zero attached hydrogens (tertiary/aromatic N) is 2. The summed E-state index contributed by atoms with van der Waals surface area (Å²) in [7, 11) is 0. The van der Waals surface area contributed by atoms with Crippen molar-refractivity contribution in [2.24, 2.45) is 0 Å². The van der Waals surface area contributed by atoms with Gasteiger partial charge < -0.3 is 5.32 Å². The van der Waals surface area contributed by atoms with Gasteiger partial charge in [-0.1, -0.05) is 39.5 Å². The molecule has 0 saturated heterocycles. The second-order valence-electron chi connectivity index (χ2n) is 4.94. The first-order valence-corrected chi connectivity index (χ1v) is 8.53. The summed E-state index contributed by atoms with van der Waals surface area (Å²) in [5.74, 6) is -0.0647. The van der Waals surface area contributed by atoms with Crippen LogP contribution in [0.1, 0.15) is 41.2 Å². The van der Waals surface area contributed by atoms with Gasteiger partial charge in [0.05, 0.1) is 5.69 Å². The van der Waals surface area contributed by atoms with Gasteiger partial charge in [-0.2, -0.15) is 0 Å². The number of hydrogen-bond acceptors (Lipinski definition) is 4. The molecule has 6 heteroatoms. The van der Waals surface area contributed by atoms with Crippen molar-refractivity contribution in [1.29, 1.82) is 0 Å². The Hall–Kier alpha value is -1.27. The van der Waals surface area contributed by atoms with E-state index in [4.69, 9.17) is 0 Å². The summed E-state index contributed by atoms with van der Waals surface area (Å²) < 4.78 is 4.93. The smallest absolute Gasteiger partial charge is 0.265 e. The molecule has 1 amide bonds. The number of halogens is 1. The van der Waals surface area contributed by atoms with E-state index in [0.717, 1.165) is 41.0 Å². The number of aryl methyl sites for hydroxylation is 2. The molecule has 1 N–H and O–H groups in total. The van der Waals surface area contributed by atoms with Crippen molar-refractivity contribution in [2.75, 3.05) is 0 Å². The van der Waals surface area contributed by atoms with E-state index in [0.29, 0.717) is 4.88 Å². The monoisotopic (exact) mass is 367 g/mol. The summed E-state index contributed by atoms with van der Waals surface area (Å²) >= 11 is 4.59. The number of benzene rings is 1. The lowest BCUT2D eigenvalue weighted by molar-refractivity contribution is 0.0941. The van der Waals surface area contributed by atoms with E-state index in [1.165, 1.54) is 5.56 Å². The number of amides is 1. The van der Waals surface area contributed by atoms with Crippen LogP contribution >= 0.6 is 27.5 Å². The Kier molecular flexibility index (Phi) is 5.87. The molecule has 0 fully saturated rings. The highest BCUT2D eigenvalue weighted by Gasteiger charge is 2.16. The first-order chi connectivity index (χ1) is 10.1. The van der Waals surface area contributed by atoms with E-state index in [-0.39, 0.29) is 11.9 Å². The van der Waals surface area contributed by atoms with Crippen LogP contribution in [0.4, 0.5) is 0 Å². The molecule has 0 bridgehead atoms. The molecule has 1 heterocycles. The number of hydrogen-bond donors (Lipinski definition) is 1. The second-order valence-corrected chi connectivity index (χ2v) is 6.61. The van der Waals surface area contributed by atoms with Gasteiger partial charge in [0.2, 0.25) is 0 Å². The van der Waals surface area contributed by atoms with Crippen molar-refractivity contribution < 1.29 is 4.79 Å². The van der Waals surface area contributed by atoms with Crippen LogP contribution in [0.25, 0.3) is 0 Å². The molecule has 0 saturated carbocycles. The number of carbonyl (C=O) groups excluding carboxylic acids is 1. The highest BCUT2D eigenvalue weighted by atomic mass is 79.9. The summed E-state index contributed by atoms with van der Waals surface area (Å²) in [6.45, 7) is 4.00. The molecule has 2 aromatic rings. The fraction of sp³-hybridized carbons (Fsp3) is 0.400. The summed E-state index contributed by atoms with van der Waals surface area (Å²) in [5, 5.41) is 6.99. The molecule has 1 atom stereocenters. The van der Waals surface area contributed by atoms with Gasteiger partial charge >= 0.3 is 0 Å². The third kappa shape index (κ3) is 4.61. The van der Waals surface area contributed by atoms with Crippen molar-refractivity contribution in [2.45, 2.75) is 39.2 Å². The fourth-order valence-electron chi connectivity index (χ4n) is 2.01. The zero-order chi connectivity index (χ0) is 15.2. The van der Waals surface area contributed by atoms with Crippen LogP contribution in [-0.2, 0) is 12.8 Å². The lowest BCUT2D eigenvalue weighted by Gasteiger charge is -2.13. The van der Waals surface area contributed by atoms with Crippen molar-refractivity contribution in [3.05, 3.63) is 44.9 Å². The van der Waals surface area contributed by atoms with E-state index in [9.17, 15) is 4.79 Å². The van der Waals surface area contributed by atoms with Crippen molar-refractivity contribution >= 4 is 33.4 Å². The largest absolute Gasteiger partial charge is 0.349 e. The van der Waals surface area contributed by atoms with Crippen LogP contribution in [0.2, 0.25) is 0 Å². The van der Waals surface area contributed by atoms with Crippen LogP contribution in [0.15, 0.2) is 28.7 Å². The molecule has 0 aliphatic rings. The minimum atomic E-state index is -0.0647. The summed E-state index contributed by atoms with van der Waals surface area (Å²) in [6, 6.07) is 8.39. The van der Waals surface area contributed by atoms with Gasteiger partial charge in [0.1, 0.15) is 4.88 Å². The highest BCUT2D eigenvalue weighted by molar-refractivity contribution is 9.10. The SMILES string of the molecule is CCc1nnsc1C(=O)NC(C)CCc1ccc(Br)cc1. The first-order valence-electron chi connectivity index (χ1n) is 6.96. The Labute approximate surface area is 137 Å². The number of aromatic nitrogens is 2. The predicted octanol–water partition coefficient (Wildman–Crippen LogP) is 3.61. The van der Waals surface area contributed by atoms with Crippen molar-refractivity contribution in [1.82, 2.24) is 14.9 Å². The third-order valence-corrected chi connectivity index (χ3v) is 4.55. The van der Waals surface area contributed by atoms with E-state index in [2.05, 4.69) is 43.0 Å². The van der Waals surface area contributed by atoms with E-state index < -0.39 is 0 Å². The van der Waals surface area contributed by atoms with Crippen LogP contribution in [-0.4, -0.2) is 21.5 Å². The maximum Gasteiger partial charge on any atom is 0.265 e. The van der Waals surface area contributed by atoms with Crippen LogP contribution in [0.5, 0.6) is 0 Å². The Morgan fingerprint density at radius 2 is 2.10 bits per heavy atom. The summed E-state index contributed by atoms with van der Waals surface area (Å²) in [4.78, 5) is 12.8. The van der Waals surface area contributed by atoms with E-state index >= 15 is 0 Å². The molecule has 1 unspecified atom stereocenters. The van der Waals surface area contributed by atoms with Crippen LogP contribution in [0, 0.1) is 0 Å². The number of nitrogens with one attached hydrogen (secondary N) is 1. The lowest BCUT2D eigenvalue weighted by Crippen LogP contribution is -2.32. The maximum atomic E-state index is 12.2. The molecule has 21 heavy (non-hydrogen) atoms. The molecule has 1 aromatic carbocycles. The van der Waals surface area contributed by atoms with Crippen molar-refractivity contribution in [3.63, 3.8) is 0 Å².